The van der Waals surface area contributed by atoms with Gasteiger partial charge in [0.15, 0.2) is 9.84 Å². The maximum Gasteiger partial charge on any atom is 0.251 e. The van der Waals surface area contributed by atoms with Crippen molar-refractivity contribution in [2.45, 2.75) is 50.8 Å². The highest BCUT2D eigenvalue weighted by Gasteiger charge is 2.24. The van der Waals surface area contributed by atoms with Gasteiger partial charge < -0.3 is 25.3 Å². The molecule has 0 radical (unpaired) electrons. The number of nitrogens with one attached hydrogen (secondary N) is 2. The van der Waals surface area contributed by atoms with Crippen LogP contribution in [0.25, 0.3) is 0 Å². The van der Waals surface area contributed by atoms with Crippen LogP contribution in [-0.2, 0) is 27.6 Å². The molecule has 44 heavy (non-hydrogen) atoms. The van der Waals surface area contributed by atoms with Crippen LogP contribution in [0.3, 0.4) is 0 Å². The smallest absolute Gasteiger partial charge is 0.251 e. The standard InChI is InChI=1S/C32H39F2N3O6S/c1-20(2)19-43-37-21(3)24-13-25(15-29(14-24)44(5,40)41)32(39)36-30(12-23-9-26(33)16-27(34)10-23)31(38)18-35-17-22-7-6-8-28(11-22)42-4/h6-11,13-16,20,30-31,35,38H,12,17-19H2,1-5H3,(H,36,39)/b37-21-/t30-,31-/m0/s1. The van der Waals surface area contributed by atoms with Crippen LogP contribution in [0.4, 0.5) is 8.78 Å². The number of oxime groups is 1. The third-order valence-electron chi connectivity index (χ3n) is 6.60. The monoisotopic (exact) mass is 631 g/mol. The lowest BCUT2D eigenvalue weighted by atomic mass is 9.99. The minimum Gasteiger partial charge on any atom is -0.497 e. The number of halogens is 2. The number of hydrogen-bond acceptors (Lipinski definition) is 8. The van der Waals surface area contributed by atoms with Gasteiger partial charge >= 0.3 is 0 Å². The zero-order chi connectivity index (χ0) is 32.4. The van der Waals surface area contributed by atoms with Gasteiger partial charge in [0, 0.05) is 36.5 Å². The maximum absolute atomic E-state index is 14.0. The first-order chi connectivity index (χ1) is 20.7. The van der Waals surface area contributed by atoms with Crippen LogP contribution in [-0.4, -0.2) is 63.8 Å². The molecule has 0 saturated heterocycles. The van der Waals surface area contributed by atoms with Crippen molar-refractivity contribution in [2.24, 2.45) is 11.1 Å². The molecular weight excluding hydrogens is 592 g/mol. The van der Waals surface area contributed by atoms with Gasteiger partial charge in [-0.2, -0.15) is 0 Å². The molecule has 1 amide bonds. The Kier molecular flexibility index (Phi) is 12.4. The van der Waals surface area contributed by atoms with Crippen molar-refractivity contribution in [1.29, 1.82) is 0 Å². The number of amides is 1. The molecule has 0 aliphatic carbocycles. The molecule has 238 valence electrons. The molecule has 3 aromatic rings. The molecule has 12 heteroatoms. The van der Waals surface area contributed by atoms with Gasteiger partial charge in [0.05, 0.1) is 29.9 Å². The summed E-state index contributed by atoms with van der Waals surface area (Å²) in [5.41, 5.74) is 1.82. The first kappa shape index (κ1) is 34.6. The van der Waals surface area contributed by atoms with E-state index in [0.29, 0.717) is 30.2 Å². The summed E-state index contributed by atoms with van der Waals surface area (Å²) < 4.78 is 58.1. The molecule has 3 N–H and O–H groups in total. The summed E-state index contributed by atoms with van der Waals surface area (Å²) in [6, 6.07) is 13.4. The predicted molar refractivity (Wildman–Crippen MR) is 165 cm³/mol. The lowest BCUT2D eigenvalue weighted by molar-refractivity contribution is 0.0829. The summed E-state index contributed by atoms with van der Waals surface area (Å²) in [7, 11) is -2.16. The average Bonchev–Trinajstić information content (AvgIpc) is 2.95. The van der Waals surface area contributed by atoms with E-state index >= 15 is 0 Å². The Morgan fingerprint density at radius 1 is 1.00 bits per heavy atom. The Hall–Kier alpha value is -3.87. The Labute approximate surface area is 257 Å². The quantitative estimate of drug-likeness (QED) is 0.169. The molecule has 3 aromatic carbocycles. The van der Waals surface area contributed by atoms with Crippen LogP contribution in [0.15, 0.2) is 70.7 Å². The third kappa shape index (κ3) is 10.7. The first-order valence-corrected chi connectivity index (χ1v) is 15.9. The van der Waals surface area contributed by atoms with E-state index in [0.717, 1.165) is 30.0 Å². The lowest BCUT2D eigenvalue weighted by Crippen LogP contribution is -2.48. The van der Waals surface area contributed by atoms with Crippen LogP contribution in [0.5, 0.6) is 5.75 Å². The zero-order valence-electron chi connectivity index (χ0n) is 25.4. The second-order valence-electron chi connectivity index (χ2n) is 11.0. The predicted octanol–water partition coefficient (Wildman–Crippen LogP) is 4.27. The molecule has 0 aliphatic rings. The number of methoxy groups -OCH3 is 1. The van der Waals surface area contributed by atoms with Crippen molar-refractivity contribution in [1.82, 2.24) is 10.6 Å². The number of sulfone groups is 1. The van der Waals surface area contributed by atoms with Gasteiger partial charge in [0.1, 0.15) is 24.0 Å². The molecule has 0 aliphatic heterocycles. The van der Waals surface area contributed by atoms with Gasteiger partial charge in [-0.15, -0.1) is 0 Å². The Bertz CT molecular complexity index is 1560. The summed E-state index contributed by atoms with van der Waals surface area (Å²) in [5, 5.41) is 21.0. The van der Waals surface area contributed by atoms with Gasteiger partial charge in [-0.05, 0) is 72.9 Å². The molecule has 0 unspecified atom stereocenters. The number of ether oxygens (including phenoxy) is 1. The number of rotatable bonds is 15. The molecule has 9 nitrogen and oxygen atoms in total. The highest BCUT2D eigenvalue weighted by atomic mass is 32.2. The normalized spacial score (nSPS) is 13.4. The number of aliphatic hydroxyl groups excluding tert-OH is 1. The average molecular weight is 632 g/mol. The second kappa shape index (κ2) is 15.7. The molecule has 0 bridgehead atoms. The molecule has 0 heterocycles. The van der Waals surface area contributed by atoms with Crippen molar-refractivity contribution < 1.29 is 36.7 Å². The van der Waals surface area contributed by atoms with E-state index in [4.69, 9.17) is 9.57 Å². The number of hydrogen-bond donors (Lipinski definition) is 3. The molecular formula is C32H39F2N3O6S. The second-order valence-corrected chi connectivity index (χ2v) is 13.0. The number of nitrogens with zero attached hydrogens (tertiary/aromatic N) is 1. The van der Waals surface area contributed by atoms with E-state index in [9.17, 15) is 27.1 Å². The van der Waals surface area contributed by atoms with Gasteiger partial charge in [-0.25, -0.2) is 17.2 Å². The van der Waals surface area contributed by atoms with E-state index in [1.54, 1.807) is 20.1 Å². The number of benzene rings is 3. The summed E-state index contributed by atoms with van der Waals surface area (Å²) in [4.78, 5) is 18.8. The fourth-order valence-electron chi connectivity index (χ4n) is 4.30. The topological polar surface area (TPSA) is 126 Å². The fourth-order valence-corrected chi connectivity index (χ4v) is 4.98. The van der Waals surface area contributed by atoms with E-state index in [-0.39, 0.29) is 34.9 Å². The van der Waals surface area contributed by atoms with E-state index < -0.39 is 39.5 Å². The Morgan fingerprint density at radius 3 is 2.32 bits per heavy atom. The third-order valence-corrected chi connectivity index (χ3v) is 7.69. The van der Waals surface area contributed by atoms with Crippen molar-refractivity contribution in [3.05, 3.63) is 94.6 Å². The number of carbonyl (C=O) groups is 1. The first-order valence-electron chi connectivity index (χ1n) is 14.0. The minimum atomic E-state index is -3.72. The maximum atomic E-state index is 14.0. The van der Waals surface area contributed by atoms with Crippen LogP contribution in [0, 0.1) is 17.6 Å². The van der Waals surface area contributed by atoms with Gasteiger partial charge in [-0.1, -0.05) is 31.1 Å². The van der Waals surface area contributed by atoms with Crippen molar-refractivity contribution in [3.8, 4) is 5.75 Å². The molecule has 2 atom stereocenters. The summed E-state index contributed by atoms with van der Waals surface area (Å²) >= 11 is 0. The summed E-state index contributed by atoms with van der Waals surface area (Å²) in [6.45, 7) is 6.28. The summed E-state index contributed by atoms with van der Waals surface area (Å²) in [6.07, 6.45) is -0.278. The van der Waals surface area contributed by atoms with Gasteiger partial charge in [-0.3, -0.25) is 4.79 Å². The minimum absolute atomic E-state index is 0.00621. The Morgan fingerprint density at radius 2 is 1.68 bits per heavy atom. The van der Waals surface area contributed by atoms with Crippen molar-refractivity contribution in [2.75, 3.05) is 26.5 Å². The van der Waals surface area contributed by atoms with Crippen LogP contribution < -0.4 is 15.4 Å². The van der Waals surface area contributed by atoms with Crippen LogP contribution in [0.2, 0.25) is 0 Å². The Balaban J connectivity index is 1.88. The molecule has 0 saturated carbocycles. The van der Waals surface area contributed by atoms with E-state index in [1.807, 2.05) is 32.0 Å². The SMILES string of the molecule is COc1cccc(CNC[C@H](O)[C@H](Cc2cc(F)cc(F)c2)NC(=O)c2cc(/C(C)=N\OCC(C)C)cc(S(C)(=O)=O)c2)c1. The van der Waals surface area contributed by atoms with Crippen LogP contribution >= 0.6 is 0 Å². The van der Waals surface area contributed by atoms with Gasteiger partial charge in [0.2, 0.25) is 0 Å². The highest BCUT2D eigenvalue weighted by molar-refractivity contribution is 7.90. The molecule has 0 aromatic heterocycles. The molecule has 0 fully saturated rings. The highest BCUT2D eigenvalue weighted by Crippen LogP contribution is 2.19. The van der Waals surface area contributed by atoms with Crippen molar-refractivity contribution >= 4 is 21.5 Å². The number of aliphatic hydroxyl groups is 1. The lowest BCUT2D eigenvalue weighted by Gasteiger charge is -2.25. The van der Waals surface area contributed by atoms with Crippen LogP contribution in [0.1, 0.15) is 47.8 Å². The zero-order valence-corrected chi connectivity index (χ0v) is 26.3. The summed E-state index contributed by atoms with van der Waals surface area (Å²) in [5.74, 6) is -1.39. The van der Waals surface area contributed by atoms with Crippen molar-refractivity contribution in [3.63, 3.8) is 0 Å². The van der Waals surface area contributed by atoms with E-state index in [1.165, 1.54) is 18.2 Å². The van der Waals surface area contributed by atoms with Gasteiger partial charge in [0.25, 0.3) is 5.91 Å². The number of carbonyl (C=O) groups excluding carboxylic acids is 1. The van der Waals surface area contributed by atoms with E-state index in [2.05, 4.69) is 15.8 Å². The molecule has 3 rings (SSSR count). The fraction of sp³-hybridized carbons (Fsp3) is 0.375. The molecule has 0 spiro atoms. The largest absolute Gasteiger partial charge is 0.497 e.